The van der Waals surface area contributed by atoms with Gasteiger partial charge in [0.2, 0.25) is 0 Å². The highest BCUT2D eigenvalue weighted by atomic mass is 16.5. The molecule has 5 nitrogen and oxygen atoms in total. The molecule has 0 unspecified atom stereocenters. The Balaban J connectivity index is 2.89. The molecule has 0 aliphatic rings. The predicted octanol–water partition coefficient (Wildman–Crippen LogP) is 1.35. The lowest BCUT2D eigenvalue weighted by Crippen LogP contribution is -2.16. The number of phenolic OH excluding ortho intramolecular Hbond substituents is 1. The number of phenols is 1. The summed E-state index contributed by atoms with van der Waals surface area (Å²) >= 11 is 0. The second-order valence-corrected chi connectivity index (χ2v) is 3.51. The number of carbonyl (C=O) groups excluding carboxylic acids is 1. The molecule has 3 N–H and O–H groups in total. The van der Waals surface area contributed by atoms with E-state index in [0.29, 0.717) is 17.9 Å². The molecule has 0 spiro atoms. The first kappa shape index (κ1) is 13.3. The van der Waals surface area contributed by atoms with Gasteiger partial charge in [-0.05, 0) is 13.0 Å². The Kier molecular flexibility index (Phi) is 4.78. The van der Waals surface area contributed by atoms with Gasteiger partial charge < -0.3 is 20.3 Å². The molecule has 1 aromatic carbocycles. The molecular weight excluding hydrogens is 222 g/mol. The third kappa shape index (κ3) is 3.35. The molecule has 5 heteroatoms. The number of methoxy groups -OCH3 is 1. The Bertz CT molecular complexity index is 392. The lowest BCUT2D eigenvalue weighted by Gasteiger charge is -2.14. The van der Waals surface area contributed by atoms with Gasteiger partial charge in [0.25, 0.3) is 0 Å². The topological polar surface area (TPSA) is 81.8 Å². The summed E-state index contributed by atoms with van der Waals surface area (Å²) in [6, 6.07) is 4.42. The lowest BCUT2D eigenvalue weighted by molar-refractivity contribution is -0.141. The fourth-order valence-corrected chi connectivity index (χ4v) is 1.48. The van der Waals surface area contributed by atoms with Gasteiger partial charge in [-0.3, -0.25) is 4.79 Å². The van der Waals surface area contributed by atoms with E-state index in [4.69, 9.17) is 10.5 Å². The summed E-state index contributed by atoms with van der Waals surface area (Å²) in [6.45, 7) is 2.27. The third-order valence-electron chi connectivity index (χ3n) is 2.34. The molecular formula is C12H17NO4. The number of hydrogen-bond donors (Lipinski definition) is 2. The van der Waals surface area contributed by atoms with Crippen molar-refractivity contribution in [3.05, 3.63) is 23.8 Å². The number of carbonyl (C=O) groups is 1. The largest absolute Gasteiger partial charge is 0.504 e. The Hall–Kier alpha value is -1.75. The Labute approximate surface area is 100 Å². The van der Waals surface area contributed by atoms with Crippen LogP contribution in [0.1, 0.15) is 24.9 Å². The highest BCUT2D eigenvalue weighted by Gasteiger charge is 2.17. The van der Waals surface area contributed by atoms with Gasteiger partial charge >= 0.3 is 5.97 Å². The van der Waals surface area contributed by atoms with E-state index in [2.05, 4.69) is 4.74 Å². The highest BCUT2D eigenvalue weighted by Crippen LogP contribution is 2.33. The molecule has 0 aliphatic carbocycles. The van der Waals surface area contributed by atoms with Gasteiger partial charge in [0.15, 0.2) is 11.5 Å². The normalized spacial score (nSPS) is 11.9. The van der Waals surface area contributed by atoms with Crippen LogP contribution in [0.4, 0.5) is 0 Å². The number of benzene rings is 1. The van der Waals surface area contributed by atoms with Crippen molar-refractivity contribution < 1.29 is 19.4 Å². The second kappa shape index (κ2) is 6.10. The van der Waals surface area contributed by atoms with Crippen LogP contribution in [0.3, 0.4) is 0 Å². The molecule has 0 saturated heterocycles. The van der Waals surface area contributed by atoms with Crippen molar-refractivity contribution >= 4 is 5.97 Å². The van der Waals surface area contributed by atoms with Crippen molar-refractivity contribution in [3.8, 4) is 11.5 Å². The smallest absolute Gasteiger partial charge is 0.307 e. The number of esters is 1. The lowest BCUT2D eigenvalue weighted by atomic mass is 10.0. The fourth-order valence-electron chi connectivity index (χ4n) is 1.48. The van der Waals surface area contributed by atoms with Crippen molar-refractivity contribution in [1.29, 1.82) is 0 Å². The molecule has 1 aromatic rings. The molecule has 0 saturated carbocycles. The van der Waals surface area contributed by atoms with Gasteiger partial charge in [0, 0.05) is 11.6 Å². The van der Waals surface area contributed by atoms with Crippen molar-refractivity contribution in [2.24, 2.45) is 5.73 Å². The fraction of sp³-hybridized carbons (Fsp3) is 0.417. The maximum atomic E-state index is 11.1. The van der Waals surface area contributed by atoms with E-state index in [1.54, 1.807) is 18.2 Å². The van der Waals surface area contributed by atoms with E-state index in [1.807, 2.05) is 6.92 Å². The van der Waals surface area contributed by atoms with Crippen LogP contribution in [0.25, 0.3) is 0 Å². The summed E-state index contributed by atoms with van der Waals surface area (Å²) < 4.78 is 9.77. The van der Waals surface area contributed by atoms with Gasteiger partial charge in [-0.15, -0.1) is 0 Å². The van der Waals surface area contributed by atoms with Crippen LogP contribution < -0.4 is 10.5 Å². The monoisotopic (exact) mass is 239 g/mol. The summed E-state index contributed by atoms with van der Waals surface area (Å²) in [5.41, 5.74) is 6.29. The minimum absolute atomic E-state index is 0.0135. The number of para-hydroxylation sites is 1. The van der Waals surface area contributed by atoms with Crippen molar-refractivity contribution in [2.75, 3.05) is 13.7 Å². The van der Waals surface area contributed by atoms with E-state index in [1.165, 1.54) is 7.11 Å². The van der Waals surface area contributed by atoms with Crippen LogP contribution in [-0.2, 0) is 9.53 Å². The van der Waals surface area contributed by atoms with E-state index < -0.39 is 12.0 Å². The maximum Gasteiger partial charge on any atom is 0.307 e. The number of nitrogens with two attached hydrogens (primary N) is 1. The Morgan fingerprint density at radius 1 is 1.53 bits per heavy atom. The van der Waals surface area contributed by atoms with Crippen molar-refractivity contribution in [3.63, 3.8) is 0 Å². The molecule has 94 valence electrons. The molecule has 0 radical (unpaired) electrons. The molecule has 1 rings (SSSR count). The van der Waals surface area contributed by atoms with E-state index in [0.717, 1.165) is 0 Å². The quantitative estimate of drug-likeness (QED) is 0.758. The number of hydrogen-bond acceptors (Lipinski definition) is 5. The Morgan fingerprint density at radius 2 is 2.24 bits per heavy atom. The van der Waals surface area contributed by atoms with Gasteiger partial charge in [-0.1, -0.05) is 12.1 Å². The van der Waals surface area contributed by atoms with Gasteiger partial charge in [0.05, 0.1) is 20.1 Å². The number of ether oxygens (including phenoxy) is 2. The average molecular weight is 239 g/mol. The first-order valence-corrected chi connectivity index (χ1v) is 5.37. The molecule has 1 atom stereocenters. The van der Waals surface area contributed by atoms with E-state index >= 15 is 0 Å². The minimum Gasteiger partial charge on any atom is -0.504 e. The zero-order valence-corrected chi connectivity index (χ0v) is 9.97. The van der Waals surface area contributed by atoms with Gasteiger partial charge in [-0.2, -0.15) is 0 Å². The standard InChI is InChI=1S/C12H17NO4/c1-3-17-10-6-4-5-8(12(10)15)9(13)7-11(14)16-2/h4-6,9,15H,3,7,13H2,1-2H3/t9-/m1/s1. The average Bonchev–Trinajstić information content (AvgIpc) is 2.31. The molecule has 0 fully saturated rings. The number of rotatable bonds is 5. The summed E-state index contributed by atoms with van der Waals surface area (Å²) in [5, 5.41) is 9.92. The molecule has 0 aromatic heterocycles. The second-order valence-electron chi connectivity index (χ2n) is 3.51. The summed E-state index contributed by atoms with van der Waals surface area (Å²) in [4.78, 5) is 11.1. The third-order valence-corrected chi connectivity index (χ3v) is 2.34. The SMILES string of the molecule is CCOc1cccc([C@H](N)CC(=O)OC)c1O. The minimum atomic E-state index is -0.608. The van der Waals surface area contributed by atoms with Crippen molar-refractivity contribution in [1.82, 2.24) is 0 Å². The zero-order valence-electron chi connectivity index (χ0n) is 9.97. The Morgan fingerprint density at radius 3 is 2.82 bits per heavy atom. The van der Waals surface area contributed by atoms with Gasteiger partial charge in [0.1, 0.15) is 0 Å². The molecule has 0 amide bonds. The van der Waals surface area contributed by atoms with Crippen LogP contribution in [0, 0.1) is 0 Å². The first-order chi connectivity index (χ1) is 8.10. The molecule has 0 aliphatic heterocycles. The van der Waals surface area contributed by atoms with Gasteiger partial charge in [-0.25, -0.2) is 0 Å². The predicted molar refractivity (Wildman–Crippen MR) is 62.8 cm³/mol. The van der Waals surface area contributed by atoms with Crippen LogP contribution in [-0.4, -0.2) is 24.8 Å². The summed E-state index contributed by atoms with van der Waals surface area (Å²) in [5.74, 6) is -0.0743. The summed E-state index contributed by atoms with van der Waals surface area (Å²) in [7, 11) is 1.30. The van der Waals surface area contributed by atoms with E-state index in [9.17, 15) is 9.90 Å². The number of aromatic hydroxyl groups is 1. The highest BCUT2D eigenvalue weighted by molar-refractivity contribution is 5.70. The van der Waals surface area contributed by atoms with Crippen LogP contribution in [0.2, 0.25) is 0 Å². The van der Waals surface area contributed by atoms with Crippen LogP contribution in [0.15, 0.2) is 18.2 Å². The van der Waals surface area contributed by atoms with Crippen LogP contribution in [0.5, 0.6) is 11.5 Å². The molecule has 0 heterocycles. The molecule has 0 bridgehead atoms. The maximum absolute atomic E-state index is 11.1. The molecule has 17 heavy (non-hydrogen) atoms. The van der Waals surface area contributed by atoms with E-state index in [-0.39, 0.29) is 12.2 Å². The summed E-state index contributed by atoms with van der Waals surface area (Å²) in [6.07, 6.45) is 0.0135. The zero-order chi connectivity index (χ0) is 12.8. The van der Waals surface area contributed by atoms with Crippen molar-refractivity contribution in [2.45, 2.75) is 19.4 Å². The first-order valence-electron chi connectivity index (χ1n) is 5.37. The van der Waals surface area contributed by atoms with Crippen LogP contribution >= 0.6 is 0 Å².